The van der Waals surface area contributed by atoms with Crippen molar-refractivity contribution in [2.45, 2.75) is 45.5 Å². The van der Waals surface area contributed by atoms with Crippen molar-refractivity contribution >= 4 is 18.4 Å². The summed E-state index contributed by atoms with van der Waals surface area (Å²) in [4.78, 5) is 0. The summed E-state index contributed by atoms with van der Waals surface area (Å²) in [6, 6.07) is 18.2. The van der Waals surface area contributed by atoms with Crippen molar-refractivity contribution in [1.82, 2.24) is 0 Å². The third-order valence-corrected chi connectivity index (χ3v) is 9.28. The van der Waals surface area contributed by atoms with E-state index in [2.05, 4.69) is 44.9 Å². The molecule has 2 aromatic carbocycles. The van der Waals surface area contributed by atoms with Gasteiger partial charge in [0.25, 0.3) is 0 Å². The van der Waals surface area contributed by atoms with Crippen molar-refractivity contribution in [1.29, 1.82) is 0 Å². The molecule has 4 nitrogen and oxygen atoms in total. The van der Waals surface area contributed by atoms with Gasteiger partial charge in [-0.1, -0.05) is 0 Å². The van der Waals surface area contributed by atoms with Crippen LogP contribution in [0.25, 0.3) is 0 Å². The van der Waals surface area contributed by atoms with Crippen molar-refractivity contribution in [3.05, 3.63) is 60.2 Å². The molecule has 1 saturated heterocycles. The fourth-order valence-electron chi connectivity index (χ4n) is 3.36. The minimum absolute atomic E-state index is 0.486. The monoisotopic (exact) mass is 345 g/mol. The summed E-state index contributed by atoms with van der Waals surface area (Å²) in [5.41, 5.74) is 1.06. The standard InChI is InChI=1S/C19H24NO3P/c1-18(2)19(3,4)23-24(22-18,20-16-11-6-5-7-12-16)17-13-9-8-10-15(17)14-21-24/h5-13,20H,14H2,1-4H3. The van der Waals surface area contributed by atoms with Gasteiger partial charge in [-0.25, -0.2) is 0 Å². The van der Waals surface area contributed by atoms with E-state index in [9.17, 15) is 0 Å². The first kappa shape index (κ1) is 16.0. The molecule has 0 amide bonds. The molecule has 1 N–H and O–H groups in total. The van der Waals surface area contributed by atoms with Gasteiger partial charge in [0.1, 0.15) is 0 Å². The Hall–Kier alpha value is -1.45. The summed E-state index contributed by atoms with van der Waals surface area (Å²) in [6.07, 6.45) is 0. The predicted octanol–water partition coefficient (Wildman–Crippen LogP) is 4.77. The molecule has 2 aliphatic rings. The molecule has 4 rings (SSSR count). The number of benzene rings is 2. The van der Waals surface area contributed by atoms with Crippen molar-refractivity contribution in [2.24, 2.45) is 0 Å². The molecule has 0 bridgehead atoms. The zero-order valence-corrected chi connectivity index (χ0v) is 15.5. The molecule has 0 aromatic heterocycles. The predicted molar refractivity (Wildman–Crippen MR) is 98.2 cm³/mol. The molecule has 1 fully saturated rings. The second-order valence-corrected chi connectivity index (χ2v) is 10.6. The van der Waals surface area contributed by atoms with Gasteiger partial charge in [0, 0.05) is 0 Å². The van der Waals surface area contributed by atoms with Crippen LogP contribution in [0.15, 0.2) is 54.6 Å². The molecule has 1 spiro atoms. The Balaban J connectivity index is 1.93. The zero-order valence-electron chi connectivity index (χ0n) is 14.6. The van der Waals surface area contributed by atoms with E-state index in [0.717, 1.165) is 16.6 Å². The molecule has 0 atom stereocenters. The van der Waals surface area contributed by atoms with Crippen LogP contribution >= 0.6 is 7.43 Å². The minimum atomic E-state index is -3.70. The van der Waals surface area contributed by atoms with Gasteiger partial charge in [0.2, 0.25) is 0 Å². The maximum absolute atomic E-state index is 6.71. The summed E-state index contributed by atoms with van der Waals surface area (Å²) in [5.74, 6) is 0. The maximum atomic E-state index is 6.71. The number of anilines is 1. The average molecular weight is 345 g/mol. The quantitative estimate of drug-likeness (QED) is 0.796. The molecule has 2 aromatic rings. The zero-order chi connectivity index (χ0) is 17.1. The molecular formula is C19H24NO3P. The van der Waals surface area contributed by atoms with Crippen LogP contribution in [-0.2, 0) is 20.2 Å². The number of hydrogen-bond acceptors (Lipinski definition) is 4. The molecule has 5 heteroatoms. The number of fused-ring (bicyclic) bond motifs is 2. The Labute approximate surface area is 143 Å². The van der Waals surface area contributed by atoms with Crippen LogP contribution in [0.4, 0.5) is 5.69 Å². The van der Waals surface area contributed by atoms with Crippen LogP contribution in [0.5, 0.6) is 0 Å². The molecule has 0 unspecified atom stereocenters. The Bertz CT molecular complexity index is 772. The Morgan fingerprint density at radius 1 is 0.833 bits per heavy atom. The van der Waals surface area contributed by atoms with Crippen LogP contribution in [0.3, 0.4) is 0 Å². The third kappa shape index (κ3) is 2.07. The second-order valence-electron chi connectivity index (χ2n) is 7.47. The van der Waals surface area contributed by atoms with Gasteiger partial charge in [-0.3, -0.25) is 0 Å². The third-order valence-electron chi connectivity index (χ3n) is 5.20. The molecule has 0 radical (unpaired) electrons. The van der Waals surface area contributed by atoms with Crippen LogP contribution in [-0.4, -0.2) is 11.2 Å². The van der Waals surface area contributed by atoms with E-state index in [4.69, 9.17) is 13.6 Å². The number of nitrogens with one attached hydrogen (secondary N) is 1. The fraction of sp³-hybridized carbons (Fsp3) is 0.368. The van der Waals surface area contributed by atoms with Crippen LogP contribution in [0.2, 0.25) is 0 Å². The molecule has 128 valence electrons. The summed E-state index contributed by atoms with van der Waals surface area (Å²) in [5, 5.41) is 4.57. The SMILES string of the molecule is CC1(C)OP2(Nc3ccccc3)(OCc3ccccc32)OC1(C)C. The first-order valence-electron chi connectivity index (χ1n) is 8.28. The molecule has 0 aliphatic carbocycles. The summed E-state index contributed by atoms with van der Waals surface area (Å²) in [6.45, 7) is 8.73. The van der Waals surface area contributed by atoms with Crippen LogP contribution in [0.1, 0.15) is 33.3 Å². The second kappa shape index (κ2) is 4.80. The van der Waals surface area contributed by atoms with Gasteiger partial charge in [-0.15, -0.1) is 0 Å². The van der Waals surface area contributed by atoms with Crippen molar-refractivity contribution in [3.63, 3.8) is 0 Å². The van der Waals surface area contributed by atoms with Gasteiger partial charge in [-0.2, -0.15) is 0 Å². The molecule has 2 heterocycles. The van der Waals surface area contributed by atoms with E-state index in [1.165, 1.54) is 0 Å². The Morgan fingerprint density at radius 2 is 1.42 bits per heavy atom. The molecule has 24 heavy (non-hydrogen) atoms. The van der Waals surface area contributed by atoms with Crippen LogP contribution in [0, 0.1) is 0 Å². The van der Waals surface area contributed by atoms with E-state index < -0.39 is 18.6 Å². The van der Waals surface area contributed by atoms with Gasteiger partial charge in [0.15, 0.2) is 0 Å². The first-order chi connectivity index (χ1) is 11.3. The molecule has 0 saturated carbocycles. The van der Waals surface area contributed by atoms with Gasteiger partial charge >= 0.3 is 143 Å². The van der Waals surface area contributed by atoms with E-state index in [1.807, 2.05) is 42.5 Å². The Kier molecular flexibility index (Phi) is 3.21. The van der Waals surface area contributed by atoms with Crippen molar-refractivity contribution in [3.8, 4) is 0 Å². The summed E-state index contributed by atoms with van der Waals surface area (Å²) in [7, 11) is -3.70. The van der Waals surface area contributed by atoms with E-state index in [-0.39, 0.29) is 0 Å². The topological polar surface area (TPSA) is 39.7 Å². The van der Waals surface area contributed by atoms with E-state index in [1.54, 1.807) is 0 Å². The normalized spacial score (nSPS) is 26.4. The molecular weight excluding hydrogens is 321 g/mol. The average Bonchev–Trinajstić information content (AvgIpc) is 2.90. The summed E-state index contributed by atoms with van der Waals surface area (Å²) >= 11 is 0. The van der Waals surface area contributed by atoms with Crippen LogP contribution < -0.4 is 10.4 Å². The summed E-state index contributed by atoms with van der Waals surface area (Å²) < 4.78 is 19.8. The number of para-hydroxylation sites is 1. The number of rotatable bonds is 2. The number of hydrogen-bond donors (Lipinski definition) is 1. The van der Waals surface area contributed by atoms with Crippen molar-refractivity contribution in [2.75, 3.05) is 5.09 Å². The fourth-order valence-corrected chi connectivity index (χ4v) is 8.16. The van der Waals surface area contributed by atoms with Gasteiger partial charge in [-0.05, 0) is 0 Å². The molecule has 2 aliphatic heterocycles. The Morgan fingerprint density at radius 3 is 2.08 bits per heavy atom. The van der Waals surface area contributed by atoms with Gasteiger partial charge in [0.05, 0.1) is 0 Å². The first-order valence-corrected chi connectivity index (χ1v) is 10.3. The van der Waals surface area contributed by atoms with Crippen molar-refractivity contribution < 1.29 is 13.6 Å². The van der Waals surface area contributed by atoms with Gasteiger partial charge < -0.3 is 0 Å². The van der Waals surface area contributed by atoms with E-state index in [0.29, 0.717) is 6.61 Å². The van der Waals surface area contributed by atoms with E-state index >= 15 is 0 Å².